The van der Waals surface area contributed by atoms with Crippen molar-refractivity contribution >= 4 is 38.9 Å². The van der Waals surface area contributed by atoms with E-state index in [1.807, 2.05) is 19.2 Å². The summed E-state index contributed by atoms with van der Waals surface area (Å²) >= 11 is 10.8. The van der Waals surface area contributed by atoms with Gasteiger partial charge in [0.25, 0.3) is 0 Å². The Morgan fingerprint density at radius 1 is 1.38 bits per heavy atom. The number of nitrogens with one attached hydrogen (secondary N) is 1. The lowest BCUT2D eigenvalue weighted by atomic mass is 10.0. The fourth-order valence-corrected chi connectivity index (χ4v) is 3.80. The Hall–Kier alpha value is -0.490. The molecule has 0 aliphatic heterocycles. The predicted octanol–water partition coefficient (Wildman–Crippen LogP) is 5.84. The van der Waals surface area contributed by atoms with Crippen molar-refractivity contribution in [2.45, 2.75) is 26.3 Å². The maximum Gasteiger partial charge on any atom is 0.145 e. The SMILES string of the molecule is CCCNC(c1scc(C)c1Cl)c1c(F)ccc(Br)c1F. The molecule has 1 nitrogen and oxygen atoms in total. The zero-order valence-electron chi connectivity index (χ0n) is 11.6. The molecule has 0 spiro atoms. The quantitative estimate of drug-likeness (QED) is 0.628. The molecule has 0 saturated carbocycles. The first kappa shape index (κ1) is 16.9. The molecule has 2 rings (SSSR count). The number of thiophene rings is 1. The minimum absolute atomic E-state index is 0.00146. The van der Waals surface area contributed by atoms with Crippen molar-refractivity contribution in [2.24, 2.45) is 0 Å². The summed E-state index contributed by atoms with van der Waals surface area (Å²) in [6.07, 6.45) is 0.857. The molecule has 2 aromatic rings. The molecule has 6 heteroatoms. The Balaban J connectivity index is 2.56. The number of benzene rings is 1. The molecule has 1 heterocycles. The van der Waals surface area contributed by atoms with Crippen LogP contribution in [0.25, 0.3) is 0 Å². The van der Waals surface area contributed by atoms with Gasteiger partial charge in [-0.05, 0) is 58.9 Å². The van der Waals surface area contributed by atoms with Gasteiger partial charge in [0.05, 0.1) is 15.5 Å². The van der Waals surface area contributed by atoms with Gasteiger partial charge >= 0.3 is 0 Å². The first-order valence-electron chi connectivity index (χ1n) is 6.57. The smallest absolute Gasteiger partial charge is 0.145 e. The molecule has 1 aromatic heterocycles. The molecule has 0 saturated heterocycles. The molecular weight excluding hydrogens is 380 g/mol. The highest BCUT2D eigenvalue weighted by molar-refractivity contribution is 9.10. The summed E-state index contributed by atoms with van der Waals surface area (Å²) < 4.78 is 28.8. The van der Waals surface area contributed by atoms with E-state index in [4.69, 9.17) is 11.6 Å². The standard InChI is InChI=1S/C15H15BrClF2NS/c1-3-6-20-14(15-12(17)8(2)7-21-15)11-10(18)5-4-9(16)13(11)19/h4-5,7,14,20H,3,6H2,1-2H3. The van der Waals surface area contributed by atoms with Crippen LogP contribution in [0.5, 0.6) is 0 Å². The van der Waals surface area contributed by atoms with E-state index in [-0.39, 0.29) is 10.0 Å². The van der Waals surface area contributed by atoms with E-state index in [1.54, 1.807) is 0 Å². The molecule has 1 unspecified atom stereocenters. The van der Waals surface area contributed by atoms with Crippen LogP contribution in [0.2, 0.25) is 5.02 Å². The fraction of sp³-hybridized carbons (Fsp3) is 0.333. The van der Waals surface area contributed by atoms with E-state index in [9.17, 15) is 8.78 Å². The van der Waals surface area contributed by atoms with Gasteiger partial charge in [-0.1, -0.05) is 18.5 Å². The van der Waals surface area contributed by atoms with Gasteiger partial charge in [-0.15, -0.1) is 11.3 Å². The number of rotatable bonds is 5. The van der Waals surface area contributed by atoms with E-state index in [0.717, 1.165) is 16.9 Å². The molecule has 0 bridgehead atoms. The third kappa shape index (κ3) is 3.47. The van der Waals surface area contributed by atoms with Gasteiger partial charge < -0.3 is 5.32 Å². The maximum atomic E-state index is 14.4. The van der Waals surface area contributed by atoms with Crippen molar-refractivity contribution in [3.8, 4) is 0 Å². The summed E-state index contributed by atoms with van der Waals surface area (Å²) in [4.78, 5) is 0.735. The highest BCUT2D eigenvalue weighted by atomic mass is 79.9. The Kier molecular flexibility index (Phi) is 5.77. The van der Waals surface area contributed by atoms with Crippen molar-refractivity contribution in [2.75, 3.05) is 6.54 Å². The lowest BCUT2D eigenvalue weighted by molar-refractivity contribution is 0.503. The summed E-state index contributed by atoms with van der Waals surface area (Å²) in [6.45, 7) is 4.52. The van der Waals surface area contributed by atoms with E-state index in [1.165, 1.54) is 23.5 Å². The van der Waals surface area contributed by atoms with Crippen molar-refractivity contribution in [1.29, 1.82) is 0 Å². The van der Waals surface area contributed by atoms with Crippen LogP contribution in [0.1, 0.15) is 35.4 Å². The minimum atomic E-state index is -0.592. The summed E-state index contributed by atoms with van der Waals surface area (Å²) in [5.74, 6) is -1.17. The Morgan fingerprint density at radius 2 is 2.10 bits per heavy atom. The largest absolute Gasteiger partial charge is 0.305 e. The highest BCUT2D eigenvalue weighted by Gasteiger charge is 2.26. The van der Waals surface area contributed by atoms with Gasteiger partial charge in [-0.2, -0.15) is 0 Å². The summed E-state index contributed by atoms with van der Waals surface area (Å²) in [7, 11) is 0. The van der Waals surface area contributed by atoms with Gasteiger partial charge in [-0.3, -0.25) is 0 Å². The third-order valence-corrected chi connectivity index (χ3v) is 5.55. The van der Waals surface area contributed by atoms with Gasteiger partial charge in [-0.25, -0.2) is 8.78 Å². The van der Waals surface area contributed by atoms with Gasteiger partial charge in [0.15, 0.2) is 0 Å². The van der Waals surface area contributed by atoms with E-state index in [2.05, 4.69) is 21.2 Å². The zero-order valence-corrected chi connectivity index (χ0v) is 14.8. The first-order valence-corrected chi connectivity index (χ1v) is 8.62. The second kappa shape index (κ2) is 7.18. The molecule has 1 atom stereocenters. The minimum Gasteiger partial charge on any atom is -0.305 e. The summed E-state index contributed by atoms with van der Waals surface area (Å²) in [5, 5.41) is 5.65. The van der Waals surface area contributed by atoms with Crippen LogP contribution in [0.15, 0.2) is 22.0 Å². The first-order chi connectivity index (χ1) is 9.97. The van der Waals surface area contributed by atoms with Crippen molar-refractivity contribution in [3.63, 3.8) is 0 Å². The van der Waals surface area contributed by atoms with E-state index >= 15 is 0 Å². The van der Waals surface area contributed by atoms with Crippen LogP contribution >= 0.6 is 38.9 Å². The topological polar surface area (TPSA) is 12.0 Å². The second-order valence-corrected chi connectivity index (χ2v) is 6.88. The molecule has 1 aromatic carbocycles. The summed E-state index contributed by atoms with van der Waals surface area (Å²) in [5.41, 5.74) is 0.914. The maximum absolute atomic E-state index is 14.4. The molecule has 0 aliphatic rings. The normalized spacial score (nSPS) is 12.7. The Bertz CT molecular complexity index is 645. The molecule has 0 amide bonds. The highest BCUT2D eigenvalue weighted by Crippen LogP contribution is 2.38. The molecule has 114 valence electrons. The third-order valence-electron chi connectivity index (χ3n) is 3.15. The van der Waals surface area contributed by atoms with Gasteiger partial charge in [0.2, 0.25) is 0 Å². The number of halogens is 4. The van der Waals surface area contributed by atoms with Crippen LogP contribution in [-0.4, -0.2) is 6.54 Å². The molecule has 21 heavy (non-hydrogen) atoms. The van der Waals surface area contributed by atoms with Crippen LogP contribution < -0.4 is 5.32 Å². The number of aryl methyl sites for hydroxylation is 1. The van der Waals surface area contributed by atoms with Crippen LogP contribution in [0.3, 0.4) is 0 Å². The monoisotopic (exact) mass is 393 g/mol. The van der Waals surface area contributed by atoms with Gasteiger partial charge in [0.1, 0.15) is 11.6 Å². The number of hydrogen-bond donors (Lipinski definition) is 1. The van der Waals surface area contributed by atoms with Crippen LogP contribution in [-0.2, 0) is 0 Å². The second-order valence-electron chi connectivity index (χ2n) is 4.74. The average Bonchev–Trinajstić information content (AvgIpc) is 2.78. The average molecular weight is 395 g/mol. The molecule has 1 N–H and O–H groups in total. The van der Waals surface area contributed by atoms with Crippen molar-refractivity contribution in [3.05, 3.63) is 54.6 Å². The van der Waals surface area contributed by atoms with E-state index in [0.29, 0.717) is 11.6 Å². The molecular formula is C15H15BrClF2NS. The lowest BCUT2D eigenvalue weighted by Gasteiger charge is -2.20. The number of hydrogen-bond acceptors (Lipinski definition) is 2. The zero-order chi connectivity index (χ0) is 15.6. The Labute approximate surface area is 140 Å². The van der Waals surface area contributed by atoms with Crippen LogP contribution in [0.4, 0.5) is 8.78 Å². The molecule has 0 radical (unpaired) electrons. The predicted molar refractivity (Wildman–Crippen MR) is 88.3 cm³/mol. The van der Waals surface area contributed by atoms with Crippen molar-refractivity contribution < 1.29 is 8.78 Å². The van der Waals surface area contributed by atoms with Gasteiger partial charge in [0, 0.05) is 10.4 Å². The molecule has 0 fully saturated rings. The van der Waals surface area contributed by atoms with Crippen molar-refractivity contribution in [1.82, 2.24) is 5.32 Å². The lowest BCUT2D eigenvalue weighted by Crippen LogP contribution is -2.25. The fourth-order valence-electron chi connectivity index (χ4n) is 2.07. The summed E-state index contributed by atoms with van der Waals surface area (Å²) in [6, 6.07) is 2.04. The molecule has 0 aliphatic carbocycles. The Morgan fingerprint density at radius 3 is 2.67 bits per heavy atom. The van der Waals surface area contributed by atoms with Crippen LogP contribution in [0, 0.1) is 18.6 Å². The van der Waals surface area contributed by atoms with E-state index < -0.39 is 17.7 Å².